The molecule has 0 fully saturated rings. The first-order valence-corrected chi connectivity index (χ1v) is 6.52. The van der Waals surface area contributed by atoms with Crippen LogP contribution in [0.1, 0.15) is 12.5 Å². The topological polar surface area (TPSA) is 15.3 Å². The Bertz CT molecular complexity index is 384. The van der Waals surface area contributed by atoms with Crippen molar-refractivity contribution >= 4 is 15.9 Å². The molecule has 17 heavy (non-hydrogen) atoms. The van der Waals surface area contributed by atoms with Crippen molar-refractivity contribution in [3.05, 3.63) is 34.3 Å². The largest absolute Gasteiger partial charge is 0.305 e. The third-order valence-corrected chi connectivity index (χ3v) is 3.57. The van der Waals surface area contributed by atoms with Gasteiger partial charge in [0.2, 0.25) is 0 Å². The number of terminal acetylenes is 1. The van der Waals surface area contributed by atoms with Gasteiger partial charge in [-0.25, -0.2) is 0 Å². The first-order chi connectivity index (χ1) is 8.15. The first kappa shape index (κ1) is 14.2. The lowest BCUT2D eigenvalue weighted by molar-refractivity contribution is 0.244. The summed E-state index contributed by atoms with van der Waals surface area (Å²) in [4.78, 5) is 2.31. The van der Waals surface area contributed by atoms with Gasteiger partial charge in [-0.3, -0.25) is 4.90 Å². The van der Waals surface area contributed by atoms with Gasteiger partial charge in [0.25, 0.3) is 0 Å². The molecule has 2 nitrogen and oxygen atoms in total. The van der Waals surface area contributed by atoms with E-state index < -0.39 is 0 Å². The monoisotopic (exact) mass is 294 g/mol. The third-order valence-electron chi connectivity index (χ3n) is 2.80. The van der Waals surface area contributed by atoms with E-state index >= 15 is 0 Å². The van der Waals surface area contributed by atoms with E-state index in [1.165, 1.54) is 5.56 Å². The minimum absolute atomic E-state index is 0.454. The number of hydrogen-bond donors (Lipinski definition) is 1. The Balaban J connectivity index is 2.46. The second-order valence-electron chi connectivity index (χ2n) is 4.19. The molecule has 1 atom stereocenters. The molecule has 0 spiro atoms. The standard InChI is InChI=1S/C14H19BrN2/c1-4-9-16-10-12(2)17(3)11-13-7-5-6-8-14(13)15/h1,5-8,12,16H,9-11H2,2-3H3. The Labute approximate surface area is 113 Å². The Morgan fingerprint density at radius 3 is 2.82 bits per heavy atom. The van der Waals surface area contributed by atoms with Crippen molar-refractivity contribution in [2.75, 3.05) is 20.1 Å². The average Bonchev–Trinajstić information content (AvgIpc) is 2.32. The van der Waals surface area contributed by atoms with Crippen molar-refractivity contribution in [1.29, 1.82) is 0 Å². The van der Waals surface area contributed by atoms with Gasteiger partial charge in [0.15, 0.2) is 0 Å². The van der Waals surface area contributed by atoms with Gasteiger partial charge in [-0.15, -0.1) is 6.42 Å². The van der Waals surface area contributed by atoms with Crippen molar-refractivity contribution < 1.29 is 0 Å². The minimum atomic E-state index is 0.454. The molecular weight excluding hydrogens is 276 g/mol. The second-order valence-corrected chi connectivity index (χ2v) is 5.04. The zero-order valence-electron chi connectivity index (χ0n) is 10.4. The summed E-state index contributed by atoms with van der Waals surface area (Å²) in [5.74, 6) is 2.58. The number of nitrogens with one attached hydrogen (secondary N) is 1. The summed E-state index contributed by atoms with van der Waals surface area (Å²) >= 11 is 3.57. The molecule has 3 heteroatoms. The molecule has 0 bridgehead atoms. The van der Waals surface area contributed by atoms with E-state index in [9.17, 15) is 0 Å². The van der Waals surface area contributed by atoms with Gasteiger partial charge in [-0.05, 0) is 25.6 Å². The zero-order chi connectivity index (χ0) is 12.7. The maximum atomic E-state index is 5.20. The molecule has 1 aromatic carbocycles. The number of hydrogen-bond acceptors (Lipinski definition) is 2. The molecule has 0 saturated heterocycles. The highest BCUT2D eigenvalue weighted by Gasteiger charge is 2.10. The van der Waals surface area contributed by atoms with Gasteiger partial charge >= 0.3 is 0 Å². The van der Waals surface area contributed by atoms with Crippen LogP contribution in [0.15, 0.2) is 28.7 Å². The maximum absolute atomic E-state index is 5.20. The summed E-state index contributed by atoms with van der Waals surface area (Å²) in [7, 11) is 2.13. The smallest absolute Gasteiger partial charge is 0.0574 e. The molecule has 0 heterocycles. The molecule has 1 aromatic rings. The summed E-state index contributed by atoms with van der Waals surface area (Å²) in [5.41, 5.74) is 1.30. The van der Waals surface area contributed by atoms with E-state index in [0.717, 1.165) is 17.6 Å². The number of nitrogens with zero attached hydrogens (tertiary/aromatic N) is 1. The van der Waals surface area contributed by atoms with E-state index in [2.05, 4.69) is 64.2 Å². The minimum Gasteiger partial charge on any atom is -0.305 e. The number of halogens is 1. The van der Waals surface area contributed by atoms with Crippen molar-refractivity contribution in [1.82, 2.24) is 10.2 Å². The van der Waals surface area contributed by atoms with Gasteiger partial charge in [-0.1, -0.05) is 40.0 Å². The molecule has 92 valence electrons. The van der Waals surface area contributed by atoms with Crippen LogP contribution < -0.4 is 5.32 Å². The molecule has 0 aliphatic heterocycles. The van der Waals surface area contributed by atoms with Gasteiger partial charge in [-0.2, -0.15) is 0 Å². The SMILES string of the molecule is C#CCNCC(C)N(C)Cc1ccccc1Br. The predicted molar refractivity (Wildman–Crippen MR) is 76.8 cm³/mol. The van der Waals surface area contributed by atoms with Gasteiger partial charge in [0.05, 0.1) is 6.54 Å². The van der Waals surface area contributed by atoms with E-state index in [0.29, 0.717) is 12.6 Å². The van der Waals surface area contributed by atoms with Gasteiger partial charge in [0, 0.05) is 23.6 Å². The first-order valence-electron chi connectivity index (χ1n) is 5.73. The van der Waals surface area contributed by atoms with Crippen LogP contribution in [0.2, 0.25) is 0 Å². The molecule has 0 amide bonds. The highest BCUT2D eigenvalue weighted by atomic mass is 79.9. The molecule has 0 aliphatic carbocycles. The van der Waals surface area contributed by atoms with Crippen LogP contribution in [-0.4, -0.2) is 31.1 Å². The number of likely N-dealkylation sites (N-methyl/N-ethyl adjacent to an activating group) is 1. The van der Waals surface area contributed by atoms with Crippen LogP contribution in [0, 0.1) is 12.3 Å². The average molecular weight is 295 g/mol. The zero-order valence-corrected chi connectivity index (χ0v) is 12.0. The lowest BCUT2D eigenvalue weighted by Crippen LogP contribution is -2.37. The molecule has 1 unspecified atom stereocenters. The molecular formula is C14H19BrN2. The van der Waals surface area contributed by atoms with Crippen molar-refractivity contribution in [3.63, 3.8) is 0 Å². The van der Waals surface area contributed by atoms with Crippen LogP contribution >= 0.6 is 15.9 Å². The number of benzene rings is 1. The van der Waals surface area contributed by atoms with E-state index in [1.54, 1.807) is 0 Å². The molecule has 0 radical (unpaired) electrons. The Morgan fingerprint density at radius 1 is 1.47 bits per heavy atom. The van der Waals surface area contributed by atoms with Crippen LogP contribution in [0.3, 0.4) is 0 Å². The highest BCUT2D eigenvalue weighted by molar-refractivity contribution is 9.10. The van der Waals surface area contributed by atoms with Crippen molar-refractivity contribution in [2.45, 2.75) is 19.5 Å². The van der Waals surface area contributed by atoms with E-state index in [1.807, 2.05) is 6.07 Å². The van der Waals surface area contributed by atoms with Gasteiger partial charge < -0.3 is 5.32 Å². The number of rotatable bonds is 6. The Hall–Kier alpha value is -0.820. The summed E-state index contributed by atoms with van der Waals surface area (Å²) in [6.45, 7) is 4.67. The van der Waals surface area contributed by atoms with E-state index in [4.69, 9.17) is 6.42 Å². The van der Waals surface area contributed by atoms with Crippen molar-refractivity contribution in [2.24, 2.45) is 0 Å². The summed E-state index contributed by atoms with van der Waals surface area (Å²) in [6, 6.07) is 8.77. The lowest BCUT2D eigenvalue weighted by Gasteiger charge is -2.25. The maximum Gasteiger partial charge on any atom is 0.0574 e. The van der Waals surface area contributed by atoms with Gasteiger partial charge in [0.1, 0.15) is 0 Å². The summed E-state index contributed by atoms with van der Waals surface area (Å²) in [6.07, 6.45) is 5.20. The predicted octanol–water partition coefficient (Wildman–Crippen LogP) is 2.49. The fraction of sp³-hybridized carbons (Fsp3) is 0.429. The quantitative estimate of drug-likeness (QED) is 0.641. The normalized spacial score (nSPS) is 12.4. The Morgan fingerprint density at radius 2 is 2.18 bits per heavy atom. The van der Waals surface area contributed by atoms with Crippen LogP contribution in [0.5, 0.6) is 0 Å². The molecule has 1 rings (SSSR count). The molecule has 0 aliphatic rings. The van der Waals surface area contributed by atoms with E-state index in [-0.39, 0.29) is 0 Å². The highest BCUT2D eigenvalue weighted by Crippen LogP contribution is 2.17. The summed E-state index contributed by atoms with van der Waals surface area (Å²) in [5, 5.41) is 3.23. The third kappa shape index (κ3) is 4.91. The van der Waals surface area contributed by atoms with Crippen LogP contribution in [0.4, 0.5) is 0 Å². The Kier molecular flexibility index (Phi) is 6.28. The van der Waals surface area contributed by atoms with Crippen LogP contribution in [0.25, 0.3) is 0 Å². The fourth-order valence-corrected chi connectivity index (χ4v) is 1.97. The fourth-order valence-electron chi connectivity index (χ4n) is 1.56. The molecule has 1 N–H and O–H groups in total. The molecule has 0 aromatic heterocycles. The van der Waals surface area contributed by atoms with Crippen LogP contribution in [-0.2, 0) is 6.54 Å². The lowest BCUT2D eigenvalue weighted by atomic mass is 10.2. The summed E-state index contributed by atoms with van der Waals surface area (Å²) < 4.78 is 1.16. The second kappa shape index (κ2) is 7.50. The van der Waals surface area contributed by atoms with Crippen molar-refractivity contribution in [3.8, 4) is 12.3 Å². The molecule has 0 saturated carbocycles.